The molecular weight excluding hydrogens is 456 g/mol. The molecule has 38 heavy (non-hydrogen) atoms. The van der Waals surface area contributed by atoms with Crippen molar-refractivity contribution < 1.29 is 0 Å². The first-order valence-corrected chi connectivity index (χ1v) is 17.6. The van der Waals surface area contributed by atoms with Crippen LogP contribution in [0.5, 0.6) is 0 Å². The average molecular weight is 525 g/mol. The lowest BCUT2D eigenvalue weighted by Gasteiger charge is -2.64. The molecule has 0 aromatic carbocycles. The van der Waals surface area contributed by atoms with Crippen LogP contribution in [0.2, 0.25) is 0 Å². The van der Waals surface area contributed by atoms with E-state index in [1.54, 1.807) is 32.1 Å². The van der Waals surface area contributed by atoms with E-state index in [2.05, 4.69) is 69.2 Å². The maximum absolute atomic E-state index is 2.79. The first-order chi connectivity index (χ1) is 17.6. The van der Waals surface area contributed by atoms with Crippen molar-refractivity contribution in [2.24, 2.45) is 68.0 Å². The van der Waals surface area contributed by atoms with Crippen molar-refractivity contribution in [3.8, 4) is 0 Å². The highest BCUT2D eigenvalue weighted by atomic mass is 14.7. The van der Waals surface area contributed by atoms with Gasteiger partial charge in [-0.05, 0) is 164 Å². The normalized spacial score (nSPS) is 52.1. The summed E-state index contributed by atoms with van der Waals surface area (Å²) < 4.78 is 0. The maximum atomic E-state index is 2.79. The van der Waals surface area contributed by atoms with Gasteiger partial charge in [0.15, 0.2) is 0 Å². The van der Waals surface area contributed by atoms with Crippen LogP contribution in [0.3, 0.4) is 0 Å². The second kappa shape index (κ2) is 9.79. The Kier molecular flexibility index (Phi) is 7.59. The third-order valence-electron chi connectivity index (χ3n) is 16.3. The molecule has 0 bridgehead atoms. The first kappa shape index (κ1) is 29.5. The highest BCUT2D eigenvalue weighted by Crippen LogP contribution is 2.70. The maximum Gasteiger partial charge on any atom is -0.0264 e. The number of hydrogen-bond acceptors (Lipinski definition) is 0. The summed E-state index contributed by atoms with van der Waals surface area (Å²) in [5.41, 5.74) is 3.49. The van der Waals surface area contributed by atoms with Crippen molar-refractivity contribution in [2.75, 3.05) is 0 Å². The zero-order chi connectivity index (χ0) is 27.8. The minimum absolute atomic E-state index is 0.440. The van der Waals surface area contributed by atoms with Crippen LogP contribution in [0.25, 0.3) is 0 Å². The zero-order valence-corrected chi connectivity index (χ0v) is 27.8. The fourth-order valence-electron chi connectivity index (χ4n) is 11.9. The highest BCUT2D eigenvalue weighted by molar-refractivity contribution is 5.11. The minimum atomic E-state index is 0.440. The van der Waals surface area contributed by atoms with Crippen LogP contribution in [0.15, 0.2) is 0 Å². The molecule has 5 aliphatic carbocycles. The van der Waals surface area contributed by atoms with Gasteiger partial charge in [0.1, 0.15) is 0 Å². The topological polar surface area (TPSA) is 0 Å². The molecule has 0 nitrogen and oxygen atoms in total. The lowest BCUT2D eigenvalue weighted by molar-refractivity contribution is -0.145. The van der Waals surface area contributed by atoms with Gasteiger partial charge in [0.25, 0.3) is 0 Å². The number of rotatable bonds is 5. The Morgan fingerprint density at radius 2 is 1.32 bits per heavy atom. The van der Waals surface area contributed by atoms with Crippen molar-refractivity contribution >= 4 is 0 Å². The van der Waals surface area contributed by atoms with Gasteiger partial charge in [-0.2, -0.15) is 0 Å². The Hall–Kier alpha value is 0. The van der Waals surface area contributed by atoms with E-state index in [-0.39, 0.29) is 0 Å². The van der Waals surface area contributed by atoms with Crippen LogP contribution in [0.1, 0.15) is 172 Å². The number of fused-ring (bicyclic) bond motifs is 5. The Morgan fingerprint density at radius 1 is 0.684 bits per heavy atom. The Balaban J connectivity index is 1.23. The molecule has 9 atom stereocenters. The Morgan fingerprint density at radius 3 is 1.95 bits per heavy atom. The second-order valence-electron chi connectivity index (χ2n) is 18.9. The monoisotopic (exact) mass is 525 g/mol. The molecule has 0 amide bonds. The first-order valence-electron chi connectivity index (χ1n) is 17.6. The molecular formula is C38H68. The molecule has 5 saturated carbocycles. The molecule has 0 heterocycles. The van der Waals surface area contributed by atoms with Crippen molar-refractivity contribution in [3.05, 3.63) is 0 Å². The number of hydrogen-bond donors (Lipinski definition) is 0. The molecule has 5 rings (SSSR count). The van der Waals surface area contributed by atoms with Crippen molar-refractivity contribution in [1.29, 1.82) is 0 Å². The molecule has 0 unspecified atom stereocenters. The molecule has 0 heteroatoms. The second-order valence-corrected chi connectivity index (χ2v) is 18.9. The fraction of sp³-hybridized carbons (Fsp3) is 1.00. The van der Waals surface area contributed by atoms with E-state index in [0.29, 0.717) is 32.5 Å². The lowest BCUT2D eigenvalue weighted by atomic mass is 9.41. The molecule has 5 aliphatic rings. The Bertz CT molecular complexity index is 837. The summed E-state index contributed by atoms with van der Waals surface area (Å²) in [4.78, 5) is 0. The van der Waals surface area contributed by atoms with Gasteiger partial charge in [-0.3, -0.25) is 0 Å². The van der Waals surface area contributed by atoms with E-state index < -0.39 is 0 Å². The van der Waals surface area contributed by atoms with E-state index >= 15 is 0 Å². The summed E-state index contributed by atoms with van der Waals surface area (Å²) in [6.07, 6.45) is 24.0. The molecule has 0 spiro atoms. The van der Waals surface area contributed by atoms with Crippen molar-refractivity contribution in [1.82, 2.24) is 0 Å². The van der Waals surface area contributed by atoms with Gasteiger partial charge >= 0.3 is 0 Å². The fourth-order valence-corrected chi connectivity index (χ4v) is 11.9. The molecule has 0 aromatic heterocycles. The third kappa shape index (κ3) is 4.79. The molecule has 220 valence electrons. The van der Waals surface area contributed by atoms with Crippen molar-refractivity contribution in [2.45, 2.75) is 172 Å². The van der Waals surface area contributed by atoms with Crippen LogP contribution in [-0.4, -0.2) is 0 Å². The van der Waals surface area contributed by atoms with Crippen LogP contribution in [0, 0.1) is 68.0 Å². The summed E-state index contributed by atoms with van der Waals surface area (Å²) in [5.74, 6) is 5.97. The minimum Gasteiger partial charge on any atom is -0.0649 e. The van der Waals surface area contributed by atoms with E-state index in [0.717, 1.165) is 35.5 Å². The van der Waals surface area contributed by atoms with E-state index in [4.69, 9.17) is 0 Å². The smallest absolute Gasteiger partial charge is 0.0264 e. The van der Waals surface area contributed by atoms with Crippen LogP contribution >= 0.6 is 0 Å². The van der Waals surface area contributed by atoms with Gasteiger partial charge in [-0.1, -0.05) is 75.7 Å². The van der Waals surface area contributed by atoms with Crippen LogP contribution in [0.4, 0.5) is 0 Å². The van der Waals surface area contributed by atoms with E-state index in [1.165, 1.54) is 70.6 Å². The quantitative estimate of drug-likeness (QED) is 0.335. The standard InChI is InChI=1S/C38H68/c1-11-34(6)20-22-35(7,23-21-34)18-16-27(2)30-14-15-31-29-13-12-28-26-36(8,33(3,4)5)24-25-37(28,9)32(29)17-19-38(30,31)10/h27-32H,11-26H2,1-10H3/t27-,28+,29+,30-,31+,32+,34?,35?,36-,37+,38-/m1/s1. The highest BCUT2D eigenvalue weighted by Gasteiger charge is 2.62. The summed E-state index contributed by atoms with van der Waals surface area (Å²) in [5, 5.41) is 0. The molecule has 0 radical (unpaired) electrons. The van der Waals surface area contributed by atoms with Gasteiger partial charge in [-0.15, -0.1) is 0 Å². The van der Waals surface area contributed by atoms with Crippen LogP contribution in [-0.2, 0) is 0 Å². The van der Waals surface area contributed by atoms with Crippen LogP contribution < -0.4 is 0 Å². The molecule has 5 fully saturated rings. The lowest BCUT2D eigenvalue weighted by Crippen LogP contribution is -2.55. The van der Waals surface area contributed by atoms with Crippen molar-refractivity contribution in [3.63, 3.8) is 0 Å². The summed E-state index contributed by atoms with van der Waals surface area (Å²) in [7, 11) is 0. The molecule has 0 aliphatic heterocycles. The SMILES string of the molecule is CCC1(C)CCC(C)(CC[C@@H](C)[C@H]2CC[C@H]3[C@@H]4CC[C@H]5C[C@](C)(C(C)(C)C)CC[C@]5(C)[C@H]4CC[C@]23C)CC1. The third-order valence-corrected chi connectivity index (χ3v) is 16.3. The van der Waals surface area contributed by atoms with Gasteiger partial charge < -0.3 is 0 Å². The summed E-state index contributed by atoms with van der Waals surface area (Å²) in [6, 6.07) is 0. The molecule has 0 N–H and O–H groups in total. The van der Waals surface area contributed by atoms with E-state index in [9.17, 15) is 0 Å². The van der Waals surface area contributed by atoms with Gasteiger partial charge in [0, 0.05) is 0 Å². The summed E-state index contributed by atoms with van der Waals surface area (Å²) in [6.45, 7) is 26.1. The van der Waals surface area contributed by atoms with Gasteiger partial charge in [0.05, 0.1) is 0 Å². The van der Waals surface area contributed by atoms with E-state index in [1.807, 2.05) is 0 Å². The zero-order valence-electron chi connectivity index (χ0n) is 27.8. The summed E-state index contributed by atoms with van der Waals surface area (Å²) >= 11 is 0. The molecule has 0 aromatic rings. The van der Waals surface area contributed by atoms with Gasteiger partial charge in [0.2, 0.25) is 0 Å². The predicted octanol–water partition coefficient (Wildman–Crippen LogP) is 12.1. The largest absolute Gasteiger partial charge is 0.0649 e. The Labute approximate surface area is 239 Å². The predicted molar refractivity (Wildman–Crippen MR) is 166 cm³/mol. The molecule has 0 saturated heterocycles. The van der Waals surface area contributed by atoms with Gasteiger partial charge in [-0.25, -0.2) is 0 Å². The average Bonchev–Trinajstić information content (AvgIpc) is 3.22.